The third-order valence-corrected chi connectivity index (χ3v) is 4.80. The topological polar surface area (TPSA) is 84.5 Å². The van der Waals surface area contributed by atoms with E-state index in [-0.39, 0.29) is 0 Å². The van der Waals surface area contributed by atoms with E-state index in [0.29, 0.717) is 12.5 Å². The molecule has 0 bridgehead atoms. The molecule has 0 atom stereocenters. The highest BCUT2D eigenvalue weighted by Crippen LogP contribution is 2.37. The summed E-state index contributed by atoms with van der Waals surface area (Å²) in [5.74, 6) is 1.42. The molecule has 0 spiro atoms. The van der Waals surface area contributed by atoms with E-state index in [1.165, 1.54) is 0 Å². The maximum Gasteiger partial charge on any atom is 0.280 e. The van der Waals surface area contributed by atoms with Crippen LogP contribution in [0, 0.1) is 5.92 Å². The molecular weight excluding hydrogens is 404 g/mol. The van der Waals surface area contributed by atoms with Gasteiger partial charge >= 0.3 is 0 Å². The maximum atomic E-state index is 9.22. The van der Waals surface area contributed by atoms with Crippen molar-refractivity contribution in [3.8, 4) is 28.3 Å². The summed E-state index contributed by atoms with van der Waals surface area (Å²) in [7, 11) is 0.557. The highest BCUT2D eigenvalue weighted by molar-refractivity contribution is 7.80. The van der Waals surface area contributed by atoms with E-state index in [0.717, 1.165) is 35.4 Å². The molecule has 0 amide bonds. The average Bonchev–Trinajstić information content (AvgIpc) is 2.98. The van der Waals surface area contributed by atoms with E-state index in [9.17, 15) is 13.0 Å². The lowest BCUT2D eigenvalue weighted by Crippen LogP contribution is -2.39. The van der Waals surface area contributed by atoms with E-state index in [1.54, 1.807) is 0 Å². The van der Waals surface area contributed by atoms with Crippen LogP contribution in [0.5, 0.6) is 5.75 Å². The van der Waals surface area contributed by atoms with Crippen LogP contribution in [0.3, 0.4) is 0 Å². The standard InChI is InChI=1S/C21H25N2O.CH4O4S/c1-16(2)15-24-21-19(17-11-7-5-8-12-17)22(3)23(4)20(21)18-13-9-6-10-14-18;1-5-6(2,3)4/h5-14,16H,15H2,1-4H3;1H3,(H,2,3,4)/q+1;/p-1. The highest BCUT2D eigenvalue weighted by atomic mass is 32.3. The number of aromatic nitrogens is 2. The molecule has 2 aromatic carbocycles. The molecule has 3 aromatic rings. The van der Waals surface area contributed by atoms with Gasteiger partial charge in [0, 0.05) is 5.56 Å². The summed E-state index contributed by atoms with van der Waals surface area (Å²) in [6, 6.07) is 20.9. The van der Waals surface area contributed by atoms with Crippen LogP contribution in [0.1, 0.15) is 13.8 Å². The fraction of sp³-hybridized carbons (Fsp3) is 0.318. The molecule has 0 aliphatic heterocycles. The molecule has 3 rings (SSSR count). The van der Waals surface area contributed by atoms with Crippen LogP contribution >= 0.6 is 0 Å². The van der Waals surface area contributed by atoms with Crippen molar-refractivity contribution in [2.45, 2.75) is 13.8 Å². The maximum absolute atomic E-state index is 9.22. The van der Waals surface area contributed by atoms with Crippen molar-refractivity contribution in [3.05, 3.63) is 60.7 Å². The van der Waals surface area contributed by atoms with Crippen molar-refractivity contribution < 1.29 is 26.6 Å². The molecule has 8 heteroatoms. The van der Waals surface area contributed by atoms with Crippen molar-refractivity contribution in [2.75, 3.05) is 13.7 Å². The highest BCUT2D eigenvalue weighted by Gasteiger charge is 2.30. The van der Waals surface area contributed by atoms with Gasteiger partial charge < -0.3 is 9.29 Å². The Bertz CT molecular complexity index is 983. The summed E-state index contributed by atoms with van der Waals surface area (Å²) in [6.45, 7) is 5.05. The normalized spacial score (nSPS) is 11.2. The van der Waals surface area contributed by atoms with Crippen LogP contribution in [-0.4, -0.2) is 31.4 Å². The zero-order valence-electron chi connectivity index (χ0n) is 17.9. The minimum Gasteiger partial charge on any atom is -0.726 e. The Morgan fingerprint density at radius 2 is 1.47 bits per heavy atom. The van der Waals surface area contributed by atoms with Gasteiger partial charge in [0.25, 0.3) is 5.69 Å². The monoisotopic (exact) mass is 432 g/mol. The quantitative estimate of drug-likeness (QED) is 0.339. The molecule has 1 heterocycles. The molecule has 0 radical (unpaired) electrons. The summed E-state index contributed by atoms with van der Waals surface area (Å²) in [5.41, 5.74) is 4.54. The van der Waals surface area contributed by atoms with Crippen molar-refractivity contribution in [2.24, 2.45) is 20.0 Å². The van der Waals surface area contributed by atoms with Gasteiger partial charge in [-0.2, -0.15) is 4.68 Å². The number of ether oxygens (including phenoxy) is 1. The Balaban J connectivity index is 0.000000469. The Morgan fingerprint density at radius 1 is 1.00 bits per heavy atom. The van der Waals surface area contributed by atoms with Crippen LogP contribution < -0.4 is 9.42 Å². The first-order valence-electron chi connectivity index (χ1n) is 9.49. The second kappa shape index (κ2) is 10.4. The number of benzene rings is 2. The predicted molar refractivity (Wildman–Crippen MR) is 115 cm³/mol. The summed E-state index contributed by atoms with van der Waals surface area (Å²) in [4.78, 5) is 0. The second-order valence-electron chi connectivity index (χ2n) is 7.09. The largest absolute Gasteiger partial charge is 0.726 e. The molecule has 0 saturated heterocycles. The molecule has 0 aliphatic carbocycles. The van der Waals surface area contributed by atoms with E-state index in [1.807, 2.05) is 12.1 Å². The second-order valence-corrected chi connectivity index (χ2v) is 8.24. The molecule has 7 nitrogen and oxygen atoms in total. The number of rotatable bonds is 6. The molecule has 0 N–H and O–H groups in total. The Labute approximate surface area is 178 Å². The van der Waals surface area contributed by atoms with Gasteiger partial charge in [-0.3, -0.25) is 4.18 Å². The fourth-order valence-electron chi connectivity index (χ4n) is 2.92. The minimum absolute atomic E-state index is 0.475. The molecule has 0 aliphatic rings. The van der Waals surface area contributed by atoms with Crippen LogP contribution in [0.25, 0.3) is 22.5 Å². The molecular formula is C22H28N2O5S. The zero-order chi connectivity index (χ0) is 22.3. The molecule has 0 fully saturated rings. The van der Waals surface area contributed by atoms with Gasteiger partial charge in [0.05, 0.1) is 26.3 Å². The minimum atomic E-state index is -4.41. The first-order chi connectivity index (χ1) is 14.2. The molecule has 0 unspecified atom stereocenters. The van der Waals surface area contributed by atoms with Gasteiger partial charge in [0.1, 0.15) is 0 Å². The molecule has 1 aromatic heterocycles. The van der Waals surface area contributed by atoms with E-state index in [2.05, 4.69) is 90.0 Å². The predicted octanol–water partition coefficient (Wildman–Crippen LogP) is 3.31. The van der Waals surface area contributed by atoms with Crippen LogP contribution in [0.4, 0.5) is 0 Å². The van der Waals surface area contributed by atoms with Gasteiger partial charge in [-0.25, -0.2) is 8.42 Å². The summed E-state index contributed by atoms with van der Waals surface area (Å²) in [5, 5.41) is 0. The molecule has 162 valence electrons. The van der Waals surface area contributed by atoms with E-state index >= 15 is 0 Å². The Morgan fingerprint density at radius 3 is 1.90 bits per heavy atom. The lowest BCUT2D eigenvalue weighted by atomic mass is 10.1. The summed E-state index contributed by atoms with van der Waals surface area (Å²) in [6.07, 6.45) is 0. The van der Waals surface area contributed by atoms with E-state index < -0.39 is 10.4 Å². The Kier molecular flexibility index (Phi) is 8.16. The van der Waals surface area contributed by atoms with Gasteiger partial charge in [0.15, 0.2) is 12.7 Å². The van der Waals surface area contributed by atoms with Gasteiger partial charge in [-0.05, 0) is 18.1 Å². The third kappa shape index (κ3) is 6.16. The van der Waals surface area contributed by atoms with Crippen molar-refractivity contribution in [3.63, 3.8) is 0 Å². The van der Waals surface area contributed by atoms with Crippen molar-refractivity contribution >= 4 is 10.4 Å². The zero-order valence-corrected chi connectivity index (χ0v) is 18.7. The van der Waals surface area contributed by atoms with Crippen molar-refractivity contribution in [1.29, 1.82) is 0 Å². The van der Waals surface area contributed by atoms with Crippen molar-refractivity contribution in [1.82, 2.24) is 4.68 Å². The van der Waals surface area contributed by atoms with Gasteiger partial charge in [-0.1, -0.05) is 62.4 Å². The summed E-state index contributed by atoms with van der Waals surface area (Å²) < 4.78 is 41.6. The lowest BCUT2D eigenvalue weighted by molar-refractivity contribution is -0.740. The fourth-order valence-corrected chi connectivity index (χ4v) is 2.92. The van der Waals surface area contributed by atoms with Gasteiger partial charge in [0.2, 0.25) is 16.1 Å². The first kappa shape index (κ1) is 23.6. The summed E-state index contributed by atoms with van der Waals surface area (Å²) >= 11 is 0. The SMILES string of the molecule is CC(C)COc1c(-c2ccccc2)n(C)[n+](C)c1-c1ccccc1.COS(=O)(=O)[O-]. The first-order valence-corrected chi connectivity index (χ1v) is 10.8. The molecule has 0 saturated carbocycles. The third-order valence-electron chi connectivity index (χ3n) is 4.39. The lowest BCUT2D eigenvalue weighted by Gasteiger charge is -2.09. The van der Waals surface area contributed by atoms with E-state index in [4.69, 9.17) is 4.74 Å². The smallest absolute Gasteiger partial charge is 0.280 e. The van der Waals surface area contributed by atoms with Crippen LogP contribution in [-0.2, 0) is 28.7 Å². The van der Waals surface area contributed by atoms with Crippen LogP contribution in [0.15, 0.2) is 60.7 Å². The number of nitrogens with zero attached hydrogens (tertiary/aromatic N) is 2. The number of hydrogen-bond donors (Lipinski definition) is 0. The molecule has 30 heavy (non-hydrogen) atoms. The van der Waals surface area contributed by atoms with Gasteiger partial charge in [-0.15, -0.1) is 4.68 Å². The average molecular weight is 433 g/mol. The Hall–Kier alpha value is -2.68. The number of hydrogen-bond acceptors (Lipinski definition) is 5. The van der Waals surface area contributed by atoms with Crippen LogP contribution in [0.2, 0.25) is 0 Å².